The Morgan fingerprint density at radius 3 is 2.35 bits per heavy atom. The highest BCUT2D eigenvalue weighted by Gasteiger charge is 2.01. The van der Waals surface area contributed by atoms with E-state index in [0.717, 1.165) is 11.3 Å². The fraction of sp³-hybridized carbons (Fsp3) is 0.154. The molecule has 0 saturated heterocycles. The van der Waals surface area contributed by atoms with Crippen molar-refractivity contribution >= 4 is 0 Å². The molecule has 0 aliphatic heterocycles. The molecule has 0 bridgehead atoms. The maximum atomic E-state index is 8.65. The van der Waals surface area contributed by atoms with Gasteiger partial charge in [-0.25, -0.2) is 9.97 Å². The summed E-state index contributed by atoms with van der Waals surface area (Å²) in [5, 5.41) is 8.65. The Hall–Kier alpha value is -2.41. The van der Waals surface area contributed by atoms with E-state index in [4.69, 9.17) is 10.00 Å². The van der Waals surface area contributed by atoms with Crippen LogP contribution in [0.4, 0.5) is 0 Å². The molecule has 0 saturated carbocycles. The molecule has 0 atom stereocenters. The lowest BCUT2D eigenvalue weighted by atomic mass is 10.2. The van der Waals surface area contributed by atoms with Gasteiger partial charge in [-0.15, -0.1) is 0 Å². The van der Waals surface area contributed by atoms with E-state index in [1.807, 2.05) is 37.3 Å². The van der Waals surface area contributed by atoms with Crippen molar-refractivity contribution in [3.8, 4) is 23.2 Å². The number of ether oxygens (including phenoxy) is 1. The number of benzene rings is 1. The molecule has 0 aliphatic rings. The highest BCUT2D eigenvalue weighted by Crippen LogP contribution is 2.18. The zero-order chi connectivity index (χ0) is 12.1. The molecule has 0 spiro atoms. The summed E-state index contributed by atoms with van der Waals surface area (Å²) in [5.74, 6) is 1.43. The molecule has 84 valence electrons. The summed E-state index contributed by atoms with van der Waals surface area (Å²) in [6, 6.07) is 9.53. The van der Waals surface area contributed by atoms with E-state index in [9.17, 15) is 0 Å². The summed E-state index contributed by atoms with van der Waals surface area (Å²) < 4.78 is 5.35. The lowest BCUT2D eigenvalue weighted by Crippen LogP contribution is -1.92. The van der Waals surface area contributed by atoms with Gasteiger partial charge in [0.1, 0.15) is 11.8 Å². The van der Waals surface area contributed by atoms with Crippen molar-refractivity contribution in [1.29, 1.82) is 5.26 Å². The van der Waals surface area contributed by atoms with Gasteiger partial charge in [0, 0.05) is 18.0 Å². The predicted molar refractivity (Wildman–Crippen MR) is 63.4 cm³/mol. The van der Waals surface area contributed by atoms with E-state index in [1.165, 1.54) is 12.4 Å². The molecule has 1 aromatic heterocycles. The van der Waals surface area contributed by atoms with E-state index in [0.29, 0.717) is 18.0 Å². The number of rotatable bonds is 3. The van der Waals surface area contributed by atoms with E-state index in [2.05, 4.69) is 9.97 Å². The minimum atomic E-state index is 0.458. The molecule has 0 fully saturated rings. The SMILES string of the molecule is CCOc1ccc(-c2ncc(C#N)cn2)cc1. The maximum absolute atomic E-state index is 8.65. The van der Waals surface area contributed by atoms with Crippen molar-refractivity contribution in [3.63, 3.8) is 0 Å². The van der Waals surface area contributed by atoms with Crippen molar-refractivity contribution in [2.24, 2.45) is 0 Å². The van der Waals surface area contributed by atoms with Gasteiger partial charge in [0.15, 0.2) is 5.82 Å². The molecule has 17 heavy (non-hydrogen) atoms. The molecule has 1 heterocycles. The number of hydrogen-bond acceptors (Lipinski definition) is 4. The lowest BCUT2D eigenvalue weighted by Gasteiger charge is -2.03. The molecule has 0 amide bonds. The molecule has 2 rings (SSSR count). The molecule has 4 nitrogen and oxygen atoms in total. The second-order valence-corrected chi connectivity index (χ2v) is 3.36. The molecule has 2 aromatic rings. The molecule has 4 heteroatoms. The van der Waals surface area contributed by atoms with Gasteiger partial charge in [-0.1, -0.05) is 0 Å². The maximum Gasteiger partial charge on any atom is 0.159 e. The van der Waals surface area contributed by atoms with Gasteiger partial charge in [0.05, 0.1) is 12.2 Å². The topological polar surface area (TPSA) is 58.8 Å². The Labute approximate surface area is 99.5 Å². The van der Waals surface area contributed by atoms with Crippen LogP contribution < -0.4 is 4.74 Å². The molecule has 1 aromatic carbocycles. The van der Waals surface area contributed by atoms with Gasteiger partial charge in [0.25, 0.3) is 0 Å². The van der Waals surface area contributed by atoms with Crippen molar-refractivity contribution in [2.45, 2.75) is 6.92 Å². The van der Waals surface area contributed by atoms with Crippen molar-refractivity contribution < 1.29 is 4.74 Å². The van der Waals surface area contributed by atoms with Crippen LogP contribution in [0.1, 0.15) is 12.5 Å². The third kappa shape index (κ3) is 2.58. The highest BCUT2D eigenvalue weighted by atomic mass is 16.5. The first-order valence-corrected chi connectivity index (χ1v) is 5.29. The molecular weight excluding hydrogens is 214 g/mol. The van der Waals surface area contributed by atoms with Crippen LogP contribution >= 0.6 is 0 Å². The summed E-state index contributed by atoms with van der Waals surface area (Å²) >= 11 is 0. The van der Waals surface area contributed by atoms with Crippen molar-refractivity contribution in [2.75, 3.05) is 6.61 Å². The quantitative estimate of drug-likeness (QED) is 0.804. The van der Waals surface area contributed by atoms with Crippen molar-refractivity contribution in [1.82, 2.24) is 9.97 Å². The smallest absolute Gasteiger partial charge is 0.159 e. The molecule has 0 radical (unpaired) electrons. The van der Waals surface area contributed by atoms with Crippen LogP contribution in [0.5, 0.6) is 5.75 Å². The second kappa shape index (κ2) is 5.08. The highest BCUT2D eigenvalue weighted by molar-refractivity contribution is 5.56. The number of nitrogens with zero attached hydrogens (tertiary/aromatic N) is 3. The van der Waals surface area contributed by atoms with Crippen LogP contribution in [0.15, 0.2) is 36.7 Å². The predicted octanol–water partition coefficient (Wildman–Crippen LogP) is 2.41. The van der Waals surface area contributed by atoms with Crippen LogP contribution in [-0.2, 0) is 0 Å². The first kappa shape index (κ1) is 11.1. The summed E-state index contributed by atoms with van der Waals surface area (Å²) in [6.45, 7) is 2.59. The molecule has 0 unspecified atom stereocenters. The molecule has 0 aliphatic carbocycles. The fourth-order valence-corrected chi connectivity index (χ4v) is 1.40. The van der Waals surface area contributed by atoms with E-state index in [-0.39, 0.29) is 0 Å². The van der Waals surface area contributed by atoms with Crippen LogP contribution in [0.2, 0.25) is 0 Å². The zero-order valence-electron chi connectivity index (χ0n) is 9.42. The number of nitriles is 1. The summed E-state index contributed by atoms with van der Waals surface area (Å²) in [6.07, 6.45) is 3.03. The van der Waals surface area contributed by atoms with Gasteiger partial charge in [-0.05, 0) is 31.2 Å². The van der Waals surface area contributed by atoms with Crippen LogP contribution in [0.3, 0.4) is 0 Å². The Bertz CT molecular complexity index is 526. The van der Waals surface area contributed by atoms with Crippen LogP contribution in [-0.4, -0.2) is 16.6 Å². The normalized spacial score (nSPS) is 9.65. The fourth-order valence-electron chi connectivity index (χ4n) is 1.40. The molecule has 0 N–H and O–H groups in total. The first-order chi connectivity index (χ1) is 8.33. The zero-order valence-corrected chi connectivity index (χ0v) is 9.42. The summed E-state index contributed by atoms with van der Waals surface area (Å²) in [7, 11) is 0. The minimum absolute atomic E-state index is 0.458. The van der Waals surface area contributed by atoms with E-state index >= 15 is 0 Å². The van der Waals surface area contributed by atoms with Crippen LogP contribution in [0.25, 0.3) is 11.4 Å². The van der Waals surface area contributed by atoms with E-state index < -0.39 is 0 Å². The average molecular weight is 225 g/mol. The van der Waals surface area contributed by atoms with Gasteiger partial charge in [0.2, 0.25) is 0 Å². The van der Waals surface area contributed by atoms with Gasteiger partial charge < -0.3 is 4.74 Å². The monoisotopic (exact) mass is 225 g/mol. The van der Waals surface area contributed by atoms with Crippen LogP contribution in [0, 0.1) is 11.3 Å². The largest absolute Gasteiger partial charge is 0.494 e. The Balaban J connectivity index is 2.24. The average Bonchev–Trinajstić information content (AvgIpc) is 2.40. The molecular formula is C13H11N3O. The third-order valence-corrected chi connectivity index (χ3v) is 2.20. The first-order valence-electron chi connectivity index (χ1n) is 5.29. The number of hydrogen-bond donors (Lipinski definition) is 0. The van der Waals surface area contributed by atoms with Gasteiger partial charge in [-0.3, -0.25) is 0 Å². The summed E-state index contributed by atoms with van der Waals surface area (Å²) in [4.78, 5) is 8.24. The van der Waals surface area contributed by atoms with Gasteiger partial charge >= 0.3 is 0 Å². The Morgan fingerprint density at radius 2 is 1.82 bits per heavy atom. The summed E-state index contributed by atoms with van der Waals surface area (Å²) in [5.41, 5.74) is 1.36. The number of aromatic nitrogens is 2. The minimum Gasteiger partial charge on any atom is -0.494 e. The lowest BCUT2D eigenvalue weighted by molar-refractivity contribution is 0.340. The standard InChI is InChI=1S/C13H11N3O/c1-2-17-12-5-3-11(4-6-12)13-15-8-10(7-14)9-16-13/h3-6,8-9H,2H2,1H3. The van der Waals surface area contributed by atoms with Gasteiger partial charge in [-0.2, -0.15) is 5.26 Å². The Kier molecular flexibility index (Phi) is 3.31. The Morgan fingerprint density at radius 1 is 1.18 bits per heavy atom. The second-order valence-electron chi connectivity index (χ2n) is 3.36. The van der Waals surface area contributed by atoms with Crippen molar-refractivity contribution in [3.05, 3.63) is 42.2 Å². The third-order valence-electron chi connectivity index (χ3n) is 2.20. The van der Waals surface area contributed by atoms with E-state index in [1.54, 1.807) is 0 Å².